The smallest absolute Gasteiger partial charge is 0.220 e. The molecule has 0 saturated carbocycles. The van der Waals surface area contributed by atoms with Gasteiger partial charge in [-0.25, -0.2) is 0 Å². The fourth-order valence-electron chi connectivity index (χ4n) is 2.83. The van der Waals surface area contributed by atoms with Crippen molar-refractivity contribution in [1.82, 2.24) is 14.8 Å². The topological polar surface area (TPSA) is 83.1 Å². The number of nitrogens with zero attached hydrogens (tertiary/aromatic N) is 4. The molecule has 0 radical (unpaired) electrons. The van der Waals surface area contributed by atoms with Crippen LogP contribution in [0.1, 0.15) is 22.2 Å². The molecule has 0 saturated heterocycles. The van der Waals surface area contributed by atoms with E-state index < -0.39 is 5.25 Å². The number of hydrogen-bond donors (Lipinski definition) is 0. The maximum atomic E-state index is 11.4. The van der Waals surface area contributed by atoms with Crippen molar-refractivity contribution in [3.05, 3.63) is 74.0 Å². The molecule has 0 aliphatic heterocycles. The molecule has 2 aromatic carbocycles. The molecule has 0 unspecified atom stereocenters. The summed E-state index contributed by atoms with van der Waals surface area (Å²) in [7, 11) is 1.56. The zero-order chi connectivity index (χ0) is 20.3. The van der Waals surface area contributed by atoms with Crippen LogP contribution in [-0.4, -0.2) is 33.3 Å². The Balaban J connectivity index is 2.03. The first-order valence-electron chi connectivity index (χ1n) is 8.50. The van der Waals surface area contributed by atoms with E-state index in [1.807, 2.05) is 54.8 Å². The van der Waals surface area contributed by atoms with Crippen molar-refractivity contribution in [2.45, 2.75) is 24.3 Å². The molecule has 0 spiro atoms. The summed E-state index contributed by atoms with van der Waals surface area (Å²) in [6, 6.07) is 13.5. The van der Waals surface area contributed by atoms with Gasteiger partial charge in [0.1, 0.15) is 16.8 Å². The van der Waals surface area contributed by atoms with Crippen molar-refractivity contribution in [1.29, 1.82) is 0 Å². The van der Waals surface area contributed by atoms with Crippen molar-refractivity contribution >= 4 is 27.7 Å². The third-order valence-corrected chi connectivity index (χ3v) is 5.84. The van der Waals surface area contributed by atoms with Gasteiger partial charge in [-0.05, 0) is 44.2 Å². The molecule has 0 aliphatic carbocycles. The number of ether oxygens (including phenoxy) is 1. The SMILES string of the molecule is COc1ccc(Br)cc1[C@H](C[N+](=O)[O-])Sc1nnc(C)n1-c1ccc(C)cc1. The third kappa shape index (κ3) is 4.53. The number of aromatic nitrogens is 3. The highest BCUT2D eigenvalue weighted by Gasteiger charge is 2.26. The van der Waals surface area contributed by atoms with E-state index in [1.165, 1.54) is 11.8 Å². The summed E-state index contributed by atoms with van der Waals surface area (Å²) in [6.45, 7) is 3.61. The zero-order valence-corrected chi connectivity index (χ0v) is 18.0. The second-order valence-electron chi connectivity index (χ2n) is 6.21. The van der Waals surface area contributed by atoms with Gasteiger partial charge in [0.25, 0.3) is 0 Å². The van der Waals surface area contributed by atoms with Crippen molar-refractivity contribution in [2.75, 3.05) is 13.7 Å². The van der Waals surface area contributed by atoms with Crippen LogP contribution in [0.25, 0.3) is 5.69 Å². The second kappa shape index (κ2) is 8.74. The Morgan fingerprint density at radius 2 is 1.93 bits per heavy atom. The summed E-state index contributed by atoms with van der Waals surface area (Å²) in [5.41, 5.74) is 2.79. The van der Waals surface area contributed by atoms with Gasteiger partial charge in [-0.2, -0.15) is 0 Å². The lowest BCUT2D eigenvalue weighted by atomic mass is 10.1. The van der Waals surface area contributed by atoms with Crippen LogP contribution >= 0.6 is 27.7 Å². The summed E-state index contributed by atoms with van der Waals surface area (Å²) in [6.07, 6.45) is 0. The van der Waals surface area contributed by atoms with Gasteiger partial charge in [0.2, 0.25) is 6.54 Å². The van der Waals surface area contributed by atoms with Crippen LogP contribution in [0, 0.1) is 24.0 Å². The molecule has 0 N–H and O–H groups in total. The Morgan fingerprint density at radius 3 is 2.57 bits per heavy atom. The van der Waals surface area contributed by atoms with Crippen LogP contribution < -0.4 is 4.74 Å². The van der Waals surface area contributed by atoms with E-state index in [-0.39, 0.29) is 11.5 Å². The zero-order valence-electron chi connectivity index (χ0n) is 15.6. The minimum Gasteiger partial charge on any atom is -0.496 e. The molecule has 0 amide bonds. The molecule has 3 aromatic rings. The minimum absolute atomic E-state index is 0.267. The molecule has 28 heavy (non-hydrogen) atoms. The monoisotopic (exact) mass is 462 g/mol. The van der Waals surface area contributed by atoms with Gasteiger partial charge < -0.3 is 4.74 Å². The number of halogens is 1. The Kier molecular flexibility index (Phi) is 6.35. The molecule has 3 rings (SSSR count). The van der Waals surface area contributed by atoms with E-state index >= 15 is 0 Å². The van der Waals surface area contributed by atoms with Gasteiger partial charge in [0, 0.05) is 20.6 Å². The summed E-state index contributed by atoms with van der Waals surface area (Å²) < 4.78 is 8.17. The van der Waals surface area contributed by atoms with Crippen molar-refractivity contribution in [2.24, 2.45) is 0 Å². The number of methoxy groups -OCH3 is 1. The predicted octanol–water partition coefficient (Wildman–Crippen LogP) is 4.77. The normalized spacial score (nSPS) is 12.0. The Bertz CT molecular complexity index is 991. The van der Waals surface area contributed by atoms with E-state index in [9.17, 15) is 10.1 Å². The Hall–Kier alpha value is -2.39. The Morgan fingerprint density at radius 1 is 1.21 bits per heavy atom. The number of rotatable bonds is 7. The molecule has 1 aromatic heterocycles. The minimum atomic E-state index is -0.491. The molecular formula is C19H19BrN4O3S. The second-order valence-corrected chi connectivity index (χ2v) is 8.29. The van der Waals surface area contributed by atoms with Crippen LogP contribution in [-0.2, 0) is 0 Å². The van der Waals surface area contributed by atoms with Gasteiger partial charge in [0.05, 0.1) is 7.11 Å². The number of hydrogen-bond acceptors (Lipinski definition) is 6. The van der Waals surface area contributed by atoms with E-state index in [0.717, 1.165) is 21.3 Å². The van der Waals surface area contributed by atoms with Crippen LogP contribution in [0.2, 0.25) is 0 Å². The third-order valence-electron chi connectivity index (χ3n) is 4.19. The highest BCUT2D eigenvalue weighted by molar-refractivity contribution is 9.10. The van der Waals surface area contributed by atoms with Gasteiger partial charge in [-0.1, -0.05) is 45.4 Å². The summed E-state index contributed by atoms with van der Waals surface area (Å²) >= 11 is 4.74. The molecule has 7 nitrogen and oxygen atoms in total. The van der Waals surface area contributed by atoms with Gasteiger partial charge in [-0.3, -0.25) is 14.7 Å². The van der Waals surface area contributed by atoms with Crippen molar-refractivity contribution in [3.63, 3.8) is 0 Å². The van der Waals surface area contributed by atoms with Crippen LogP contribution in [0.4, 0.5) is 0 Å². The van der Waals surface area contributed by atoms with Gasteiger partial charge >= 0.3 is 0 Å². The van der Waals surface area contributed by atoms with Crippen molar-refractivity contribution < 1.29 is 9.66 Å². The predicted molar refractivity (Wildman–Crippen MR) is 112 cm³/mol. The van der Waals surface area contributed by atoms with Gasteiger partial charge in [0.15, 0.2) is 5.16 Å². The molecule has 146 valence electrons. The molecule has 0 bridgehead atoms. The highest BCUT2D eigenvalue weighted by atomic mass is 79.9. The van der Waals surface area contributed by atoms with E-state index in [2.05, 4.69) is 26.1 Å². The summed E-state index contributed by atoms with van der Waals surface area (Å²) in [4.78, 5) is 11.0. The molecule has 9 heteroatoms. The highest BCUT2D eigenvalue weighted by Crippen LogP contribution is 2.40. The largest absolute Gasteiger partial charge is 0.496 e. The average molecular weight is 463 g/mol. The molecule has 0 fully saturated rings. The lowest BCUT2D eigenvalue weighted by Crippen LogP contribution is -2.12. The molecule has 1 atom stereocenters. The van der Waals surface area contributed by atoms with Crippen molar-refractivity contribution in [3.8, 4) is 11.4 Å². The first kappa shape index (κ1) is 20.3. The quantitative estimate of drug-likeness (QED) is 0.285. The maximum Gasteiger partial charge on any atom is 0.220 e. The number of benzene rings is 2. The van der Waals surface area contributed by atoms with E-state index in [1.54, 1.807) is 13.2 Å². The Labute approximate surface area is 175 Å². The molecule has 1 heterocycles. The van der Waals surface area contributed by atoms with Gasteiger partial charge in [-0.15, -0.1) is 10.2 Å². The number of thioether (sulfide) groups is 1. The number of nitro groups is 1. The maximum absolute atomic E-state index is 11.4. The average Bonchev–Trinajstić information content (AvgIpc) is 3.02. The fraction of sp³-hybridized carbons (Fsp3) is 0.263. The first-order chi connectivity index (χ1) is 13.4. The summed E-state index contributed by atoms with van der Waals surface area (Å²) in [5, 5.41) is 19.9. The van der Waals surface area contributed by atoms with Crippen LogP contribution in [0.5, 0.6) is 5.75 Å². The lowest BCUT2D eigenvalue weighted by Gasteiger charge is -2.17. The summed E-state index contributed by atoms with van der Waals surface area (Å²) in [5.74, 6) is 1.31. The van der Waals surface area contributed by atoms with E-state index in [0.29, 0.717) is 16.7 Å². The standard InChI is InChI=1S/C19H19BrN4O3S/c1-12-4-7-15(8-5-12)24-13(2)21-22-19(24)28-18(11-23(25)26)16-10-14(20)6-9-17(16)27-3/h4-10,18H,11H2,1-3H3/t18-/m0/s1. The molecule has 0 aliphatic rings. The van der Waals surface area contributed by atoms with E-state index in [4.69, 9.17) is 4.74 Å². The number of aryl methyl sites for hydroxylation is 2. The first-order valence-corrected chi connectivity index (χ1v) is 10.2. The van der Waals surface area contributed by atoms with Crippen LogP contribution in [0.3, 0.4) is 0 Å². The molecular weight excluding hydrogens is 444 g/mol. The fourth-order valence-corrected chi connectivity index (χ4v) is 4.40. The lowest BCUT2D eigenvalue weighted by molar-refractivity contribution is -0.479. The van der Waals surface area contributed by atoms with Crippen LogP contribution in [0.15, 0.2) is 52.1 Å².